The average Bonchev–Trinajstić information content (AvgIpc) is 2.71. The first-order chi connectivity index (χ1) is 13.6. The molecule has 2 N–H and O–H groups in total. The first kappa shape index (κ1) is 19.6. The second-order valence-electron chi connectivity index (χ2n) is 7.01. The third kappa shape index (κ3) is 5.66. The standard InChI is InChI=1S/C25H25NO2/c1-2-24(27)28-25(26,18-22-11-7-4-8-12-22)19-23-15-13-21(14-16-23)17-20-9-5-3-6-10-20/h2-16H,1,17-19,26H2. The van der Waals surface area contributed by atoms with Gasteiger partial charge in [-0.2, -0.15) is 0 Å². The van der Waals surface area contributed by atoms with E-state index in [4.69, 9.17) is 10.5 Å². The molecule has 1 unspecified atom stereocenters. The van der Waals surface area contributed by atoms with Gasteiger partial charge in [-0.05, 0) is 28.7 Å². The van der Waals surface area contributed by atoms with Gasteiger partial charge in [0.2, 0.25) is 0 Å². The molecule has 0 bridgehead atoms. The molecule has 0 aliphatic rings. The number of carbonyl (C=O) groups excluding carboxylic acids is 1. The van der Waals surface area contributed by atoms with Crippen LogP contribution in [-0.2, 0) is 28.8 Å². The van der Waals surface area contributed by atoms with Gasteiger partial charge in [-0.25, -0.2) is 4.79 Å². The number of carbonyl (C=O) groups is 1. The molecule has 0 saturated heterocycles. The maximum absolute atomic E-state index is 11.8. The van der Waals surface area contributed by atoms with Crippen LogP contribution < -0.4 is 5.73 Å². The Kier molecular flexibility index (Phi) is 6.41. The Morgan fingerprint density at radius 2 is 1.21 bits per heavy atom. The zero-order valence-electron chi connectivity index (χ0n) is 15.9. The molecule has 0 radical (unpaired) electrons. The molecule has 0 fully saturated rings. The number of benzene rings is 3. The van der Waals surface area contributed by atoms with E-state index in [0.29, 0.717) is 12.8 Å². The quantitative estimate of drug-likeness (QED) is 0.362. The lowest BCUT2D eigenvalue weighted by Gasteiger charge is -2.29. The molecule has 3 aromatic carbocycles. The highest BCUT2D eigenvalue weighted by atomic mass is 16.6. The van der Waals surface area contributed by atoms with Crippen LogP contribution in [0.15, 0.2) is 97.6 Å². The van der Waals surface area contributed by atoms with Crippen LogP contribution in [0, 0.1) is 0 Å². The summed E-state index contributed by atoms with van der Waals surface area (Å²) in [6.07, 6.45) is 2.88. The lowest BCUT2D eigenvalue weighted by molar-refractivity contribution is -0.152. The van der Waals surface area contributed by atoms with Crippen LogP contribution >= 0.6 is 0 Å². The van der Waals surface area contributed by atoms with E-state index in [0.717, 1.165) is 23.6 Å². The van der Waals surface area contributed by atoms with Crippen molar-refractivity contribution in [3.8, 4) is 0 Å². The fraction of sp³-hybridized carbons (Fsp3) is 0.160. The van der Waals surface area contributed by atoms with Gasteiger partial charge in [-0.3, -0.25) is 5.73 Å². The summed E-state index contributed by atoms with van der Waals surface area (Å²) in [5.74, 6) is -0.515. The highest BCUT2D eigenvalue weighted by Gasteiger charge is 2.29. The SMILES string of the molecule is C=CC(=O)OC(N)(Cc1ccccc1)Cc1ccc(Cc2ccccc2)cc1. The smallest absolute Gasteiger partial charge is 0.331 e. The molecule has 3 rings (SSSR count). The molecule has 28 heavy (non-hydrogen) atoms. The molecular weight excluding hydrogens is 346 g/mol. The molecule has 0 aliphatic carbocycles. The van der Waals surface area contributed by atoms with E-state index in [9.17, 15) is 4.79 Å². The molecule has 142 valence electrons. The van der Waals surface area contributed by atoms with Crippen LogP contribution in [0.25, 0.3) is 0 Å². The van der Waals surface area contributed by atoms with E-state index in [1.165, 1.54) is 11.1 Å². The van der Waals surface area contributed by atoms with Crippen molar-refractivity contribution in [2.75, 3.05) is 0 Å². The highest BCUT2D eigenvalue weighted by molar-refractivity contribution is 5.81. The minimum Gasteiger partial charge on any atom is -0.440 e. The number of nitrogens with two attached hydrogens (primary N) is 1. The van der Waals surface area contributed by atoms with Gasteiger partial charge in [0.15, 0.2) is 5.72 Å². The number of esters is 1. The largest absolute Gasteiger partial charge is 0.440 e. The van der Waals surface area contributed by atoms with E-state index in [2.05, 4.69) is 30.8 Å². The Hall–Kier alpha value is -3.17. The maximum Gasteiger partial charge on any atom is 0.331 e. The van der Waals surface area contributed by atoms with Gasteiger partial charge in [0.1, 0.15) is 0 Å². The molecule has 0 spiro atoms. The third-order valence-electron chi connectivity index (χ3n) is 4.59. The molecule has 3 nitrogen and oxygen atoms in total. The van der Waals surface area contributed by atoms with Crippen LogP contribution in [0.1, 0.15) is 22.3 Å². The van der Waals surface area contributed by atoms with Crippen molar-refractivity contribution >= 4 is 5.97 Å². The average molecular weight is 371 g/mol. The van der Waals surface area contributed by atoms with Gasteiger partial charge in [-0.1, -0.05) is 91.5 Å². The number of rotatable bonds is 8. The maximum atomic E-state index is 11.8. The lowest BCUT2D eigenvalue weighted by Crippen LogP contribution is -2.48. The van der Waals surface area contributed by atoms with Crippen molar-refractivity contribution in [2.24, 2.45) is 5.73 Å². The van der Waals surface area contributed by atoms with Gasteiger partial charge in [0.05, 0.1) is 0 Å². The normalized spacial score (nSPS) is 12.8. The van der Waals surface area contributed by atoms with Gasteiger partial charge >= 0.3 is 5.97 Å². The summed E-state index contributed by atoms with van der Waals surface area (Å²) in [5.41, 5.74) is 9.91. The molecule has 0 amide bonds. The number of hydrogen-bond donors (Lipinski definition) is 1. The first-order valence-corrected chi connectivity index (χ1v) is 9.36. The van der Waals surface area contributed by atoms with Crippen LogP contribution in [0.2, 0.25) is 0 Å². The molecule has 0 heterocycles. The zero-order chi connectivity index (χ0) is 19.8. The lowest BCUT2D eigenvalue weighted by atomic mass is 9.94. The summed E-state index contributed by atoms with van der Waals surface area (Å²) in [6, 6.07) is 28.4. The highest BCUT2D eigenvalue weighted by Crippen LogP contribution is 2.20. The molecule has 0 saturated carbocycles. The predicted octanol–water partition coefficient (Wildman–Crippen LogP) is 4.45. The molecule has 3 heteroatoms. The third-order valence-corrected chi connectivity index (χ3v) is 4.59. The Bertz CT molecular complexity index is 904. The van der Waals surface area contributed by atoms with E-state index in [1.54, 1.807) is 0 Å². The van der Waals surface area contributed by atoms with Crippen LogP contribution in [0.5, 0.6) is 0 Å². The van der Waals surface area contributed by atoms with Crippen molar-refractivity contribution in [2.45, 2.75) is 25.0 Å². The molecule has 3 aromatic rings. The van der Waals surface area contributed by atoms with E-state index in [1.807, 2.05) is 60.7 Å². The topological polar surface area (TPSA) is 52.3 Å². The molecular formula is C25H25NO2. The van der Waals surface area contributed by atoms with Crippen molar-refractivity contribution in [3.05, 3.63) is 120 Å². The predicted molar refractivity (Wildman–Crippen MR) is 113 cm³/mol. The van der Waals surface area contributed by atoms with Crippen molar-refractivity contribution in [3.63, 3.8) is 0 Å². The fourth-order valence-electron chi connectivity index (χ4n) is 3.27. The summed E-state index contributed by atoms with van der Waals surface area (Å²) in [7, 11) is 0. The van der Waals surface area contributed by atoms with Crippen LogP contribution in [-0.4, -0.2) is 11.7 Å². The van der Waals surface area contributed by atoms with Crippen LogP contribution in [0.4, 0.5) is 0 Å². The minimum atomic E-state index is -1.13. The Morgan fingerprint density at radius 1 is 0.786 bits per heavy atom. The fourth-order valence-corrected chi connectivity index (χ4v) is 3.27. The van der Waals surface area contributed by atoms with E-state index >= 15 is 0 Å². The van der Waals surface area contributed by atoms with E-state index < -0.39 is 11.7 Å². The van der Waals surface area contributed by atoms with Crippen molar-refractivity contribution in [1.29, 1.82) is 0 Å². The van der Waals surface area contributed by atoms with Crippen molar-refractivity contribution in [1.82, 2.24) is 0 Å². The van der Waals surface area contributed by atoms with Gasteiger partial charge in [0.25, 0.3) is 0 Å². The summed E-state index contributed by atoms with van der Waals surface area (Å²) < 4.78 is 5.54. The van der Waals surface area contributed by atoms with Gasteiger partial charge in [0, 0.05) is 18.9 Å². The second kappa shape index (κ2) is 9.16. The second-order valence-corrected chi connectivity index (χ2v) is 7.01. The van der Waals surface area contributed by atoms with Gasteiger partial charge in [-0.15, -0.1) is 0 Å². The summed E-state index contributed by atoms with van der Waals surface area (Å²) in [4.78, 5) is 11.8. The zero-order valence-corrected chi connectivity index (χ0v) is 15.9. The van der Waals surface area contributed by atoms with Crippen molar-refractivity contribution < 1.29 is 9.53 Å². The summed E-state index contributed by atoms with van der Waals surface area (Å²) in [5, 5.41) is 0. The molecule has 0 aliphatic heterocycles. The molecule has 1 atom stereocenters. The van der Waals surface area contributed by atoms with E-state index in [-0.39, 0.29) is 0 Å². The number of hydrogen-bond acceptors (Lipinski definition) is 3. The molecule has 0 aromatic heterocycles. The number of ether oxygens (including phenoxy) is 1. The minimum absolute atomic E-state index is 0.424. The summed E-state index contributed by atoms with van der Waals surface area (Å²) in [6.45, 7) is 3.48. The van der Waals surface area contributed by atoms with Gasteiger partial charge < -0.3 is 4.74 Å². The first-order valence-electron chi connectivity index (χ1n) is 9.36. The Balaban J connectivity index is 1.74. The van der Waals surface area contributed by atoms with Crippen LogP contribution in [0.3, 0.4) is 0 Å². The Labute approximate surface area is 166 Å². The monoisotopic (exact) mass is 371 g/mol. The Morgan fingerprint density at radius 3 is 1.75 bits per heavy atom. The summed E-state index contributed by atoms with van der Waals surface area (Å²) >= 11 is 0.